The molecule has 0 aromatic heterocycles. The summed E-state index contributed by atoms with van der Waals surface area (Å²) in [6.07, 6.45) is 17.3. The van der Waals surface area contributed by atoms with Crippen molar-refractivity contribution < 1.29 is 64.8 Å². The molecule has 16 nitrogen and oxygen atoms in total. The predicted molar refractivity (Wildman–Crippen MR) is 292 cm³/mol. The van der Waals surface area contributed by atoms with Gasteiger partial charge in [0.2, 0.25) is 11.8 Å². The molecule has 8 rings (SSSR count). The highest BCUT2D eigenvalue weighted by Crippen LogP contribution is 2.73. The van der Waals surface area contributed by atoms with Crippen molar-refractivity contribution in [2.45, 2.75) is 227 Å². The first kappa shape index (κ1) is 60.7. The summed E-state index contributed by atoms with van der Waals surface area (Å²) in [6.45, 7) is 16.3. The van der Waals surface area contributed by atoms with Gasteiger partial charge in [-0.1, -0.05) is 48.5 Å². The average Bonchev–Trinajstić information content (AvgIpc) is 4.09. The van der Waals surface area contributed by atoms with Crippen LogP contribution in [0, 0.1) is 92.2 Å². The highest BCUT2D eigenvalue weighted by Gasteiger charge is 2.69. The van der Waals surface area contributed by atoms with Crippen LogP contribution >= 0.6 is 0 Å². The summed E-state index contributed by atoms with van der Waals surface area (Å²) in [6, 6.07) is 0. The summed E-state index contributed by atoms with van der Waals surface area (Å²) in [4.78, 5) is 51.6. The van der Waals surface area contributed by atoms with Gasteiger partial charge in [-0.15, -0.1) is 0 Å². The lowest BCUT2D eigenvalue weighted by Crippen LogP contribution is -2.64. The van der Waals surface area contributed by atoms with Crippen molar-refractivity contribution in [3.8, 4) is 0 Å². The Bertz CT molecular complexity index is 2370. The molecule has 440 valence electrons. The Morgan fingerprint density at radius 2 is 1.00 bits per heavy atom. The number of nitrogens with one attached hydrogen (secondary N) is 2. The Labute approximate surface area is 461 Å². The third-order valence-electron chi connectivity index (χ3n) is 24.1. The second kappa shape index (κ2) is 23.5. The van der Waals surface area contributed by atoms with Gasteiger partial charge < -0.3 is 30.3 Å². The van der Waals surface area contributed by atoms with Gasteiger partial charge in [-0.05, 0) is 215 Å². The zero-order chi connectivity index (χ0) is 56.1. The molecule has 0 bridgehead atoms. The SMILES string of the molecule is C[C@H](CCC(=O)NCCS(=O)(=O)O)[C@H]1CC[C@H]2[C@@H]3[C@@H](O)CC4C[C@H](OC(=O)CCCCC(=O)O[C@H]5CC[C@]6(C)C(C5)C[C@@H](O)[C@@]5(C)[C@H]6CC[C@@]6(C)[C@H]([C@@H](C)CCC(=O)NCCS(=O)(=O)O)CC[C@@H]65)CC[C@]4(C)[C@H]3CC[C@]12C. The van der Waals surface area contributed by atoms with E-state index in [2.05, 4.69) is 59.1 Å². The van der Waals surface area contributed by atoms with E-state index >= 15 is 0 Å². The predicted octanol–water partition coefficient (Wildman–Crippen LogP) is 8.86. The van der Waals surface area contributed by atoms with E-state index in [0.717, 1.165) is 89.9 Å². The molecule has 0 radical (unpaired) electrons. The second-order valence-electron chi connectivity index (χ2n) is 28.0. The minimum atomic E-state index is -4.13. The fourth-order valence-corrected chi connectivity index (χ4v) is 20.9. The van der Waals surface area contributed by atoms with E-state index in [1.165, 1.54) is 0 Å². The molecule has 0 aliphatic heterocycles. The molecule has 8 aliphatic carbocycles. The van der Waals surface area contributed by atoms with Gasteiger partial charge >= 0.3 is 11.9 Å². The number of aliphatic hydroxyl groups excluding tert-OH is 2. The average molecular weight is 1120 g/mol. The fourth-order valence-electron chi connectivity index (χ4n) is 20.2. The number of ether oxygens (including phenoxy) is 2. The number of hydrogen-bond acceptors (Lipinski definition) is 12. The van der Waals surface area contributed by atoms with Crippen molar-refractivity contribution in [1.82, 2.24) is 10.6 Å². The molecular formula is C59H98N2O14S2. The van der Waals surface area contributed by atoms with Crippen molar-refractivity contribution in [2.24, 2.45) is 92.2 Å². The van der Waals surface area contributed by atoms with E-state index in [-0.39, 0.29) is 107 Å². The third kappa shape index (κ3) is 12.7. The molecule has 8 aliphatic rings. The van der Waals surface area contributed by atoms with Gasteiger partial charge in [0.25, 0.3) is 20.2 Å². The normalized spacial score (nSPS) is 42.2. The first-order chi connectivity index (χ1) is 36.0. The molecule has 2 unspecified atom stereocenters. The summed E-state index contributed by atoms with van der Waals surface area (Å²) in [7, 11) is -8.26. The van der Waals surface area contributed by atoms with E-state index in [9.17, 15) is 46.2 Å². The Morgan fingerprint density at radius 1 is 0.545 bits per heavy atom. The first-order valence-electron chi connectivity index (χ1n) is 30.2. The number of carbonyl (C=O) groups excluding carboxylic acids is 4. The number of fused-ring (bicyclic) bond motifs is 10. The Morgan fingerprint density at radius 3 is 1.55 bits per heavy atom. The van der Waals surface area contributed by atoms with E-state index in [1.807, 2.05) is 0 Å². The molecular weight excluding hydrogens is 1020 g/mol. The van der Waals surface area contributed by atoms with Gasteiger partial charge in [-0.2, -0.15) is 16.8 Å². The molecule has 0 saturated heterocycles. The minimum Gasteiger partial charge on any atom is -0.462 e. The highest BCUT2D eigenvalue weighted by molar-refractivity contribution is 7.86. The van der Waals surface area contributed by atoms with Gasteiger partial charge in [-0.25, -0.2) is 0 Å². The van der Waals surface area contributed by atoms with Crippen molar-refractivity contribution in [1.29, 1.82) is 0 Å². The molecule has 0 spiro atoms. The molecule has 0 aromatic rings. The zero-order valence-corrected chi connectivity index (χ0v) is 49.3. The number of unbranched alkanes of at least 4 members (excludes halogenated alkanes) is 1. The van der Waals surface area contributed by atoms with Crippen molar-refractivity contribution >= 4 is 44.0 Å². The quantitative estimate of drug-likeness (QED) is 0.0357. The number of hydrogen-bond donors (Lipinski definition) is 6. The number of aliphatic hydroxyl groups is 2. The van der Waals surface area contributed by atoms with Crippen LogP contribution in [-0.4, -0.2) is 109 Å². The molecule has 2 amide bonds. The fraction of sp³-hybridized carbons (Fsp3) is 0.932. The smallest absolute Gasteiger partial charge is 0.306 e. The van der Waals surface area contributed by atoms with E-state index < -0.39 is 43.9 Å². The van der Waals surface area contributed by atoms with Crippen molar-refractivity contribution in [3.05, 3.63) is 0 Å². The van der Waals surface area contributed by atoms with Crippen LogP contribution in [-0.2, 0) is 48.9 Å². The maximum atomic E-state index is 13.3. The van der Waals surface area contributed by atoms with E-state index in [4.69, 9.17) is 18.6 Å². The molecule has 0 heterocycles. The summed E-state index contributed by atoms with van der Waals surface area (Å²) < 4.78 is 74.5. The number of amides is 2. The van der Waals surface area contributed by atoms with Gasteiger partial charge in [0.05, 0.1) is 23.7 Å². The summed E-state index contributed by atoms with van der Waals surface area (Å²) in [5, 5.41) is 29.4. The topological polar surface area (TPSA) is 260 Å². The maximum Gasteiger partial charge on any atom is 0.306 e. The maximum absolute atomic E-state index is 13.3. The lowest BCUT2D eigenvalue weighted by molar-refractivity contribution is -0.226. The Hall–Kier alpha value is -2.38. The number of rotatable bonds is 21. The van der Waals surface area contributed by atoms with E-state index in [0.29, 0.717) is 98.7 Å². The van der Waals surface area contributed by atoms with Crippen LogP contribution < -0.4 is 10.6 Å². The van der Waals surface area contributed by atoms with Gasteiger partial charge in [0.15, 0.2) is 0 Å². The monoisotopic (exact) mass is 1120 g/mol. The molecule has 18 heteroatoms. The molecule has 20 atom stereocenters. The number of esters is 2. The standard InChI is InChI=1S/C59H98N2O14S2/c1-36(12-18-50(64)60-28-30-76(68,69)70)42-14-15-44-54-45(22-26-57(42,44)5)55(3)24-20-40(32-38(55)34-46(54)62)74-52(66)10-8-9-11-53(67)75-41-21-25-56(4)39(33-41)35-49(63)59(7)47-17-16-43(58(47,6)27-23-48(56)59)37(2)13-19-51(65)61-29-31-77(71,72)73/h36-49,54,62-63H,8-35H2,1-7H3,(H,60,64)(H,61,65)(H,68,69,70)(H,71,72,73)/t36-,37+,38?,39?,40-,41+,42-,43+,44+,45+,46+,47+,48+,49-,54+,55+,56-,57-,58+,59-/m1/s1. The van der Waals surface area contributed by atoms with Gasteiger partial charge in [0, 0.05) is 44.2 Å². The molecule has 8 saturated carbocycles. The largest absolute Gasteiger partial charge is 0.462 e. The van der Waals surface area contributed by atoms with Crippen LogP contribution in [0.5, 0.6) is 0 Å². The lowest BCUT2D eigenvalue weighted by Gasteiger charge is -2.67. The summed E-state index contributed by atoms with van der Waals surface area (Å²) in [5.41, 5.74) is -0.0268. The van der Waals surface area contributed by atoms with Gasteiger partial charge in [-0.3, -0.25) is 28.3 Å². The van der Waals surface area contributed by atoms with Crippen molar-refractivity contribution in [2.75, 3.05) is 24.6 Å². The lowest BCUT2D eigenvalue weighted by atomic mass is 9.38. The first-order valence-corrected chi connectivity index (χ1v) is 33.4. The summed E-state index contributed by atoms with van der Waals surface area (Å²) >= 11 is 0. The second-order valence-corrected chi connectivity index (χ2v) is 31.1. The van der Waals surface area contributed by atoms with E-state index in [1.54, 1.807) is 0 Å². The Balaban J connectivity index is 0.742. The molecule has 6 N–H and O–H groups in total. The number of carbonyl (C=O) groups is 4. The zero-order valence-electron chi connectivity index (χ0n) is 47.6. The minimum absolute atomic E-state index is 0.0301. The molecule has 0 aromatic carbocycles. The van der Waals surface area contributed by atoms with Crippen LogP contribution in [0.2, 0.25) is 0 Å². The molecule has 8 fully saturated rings. The summed E-state index contributed by atoms with van der Waals surface area (Å²) in [5.74, 6) is 1.86. The van der Waals surface area contributed by atoms with Crippen LogP contribution in [0.1, 0.15) is 203 Å². The van der Waals surface area contributed by atoms with Crippen molar-refractivity contribution in [3.63, 3.8) is 0 Å². The van der Waals surface area contributed by atoms with Crippen LogP contribution in [0.15, 0.2) is 0 Å². The van der Waals surface area contributed by atoms with Gasteiger partial charge in [0.1, 0.15) is 12.2 Å². The van der Waals surface area contributed by atoms with Crippen LogP contribution in [0.3, 0.4) is 0 Å². The van der Waals surface area contributed by atoms with Crippen LogP contribution in [0.4, 0.5) is 0 Å². The Kier molecular flexibility index (Phi) is 18.5. The van der Waals surface area contributed by atoms with Crippen LogP contribution in [0.25, 0.3) is 0 Å². The molecule has 77 heavy (non-hydrogen) atoms. The highest BCUT2D eigenvalue weighted by atomic mass is 32.2. The third-order valence-corrected chi connectivity index (χ3v) is 25.5.